The van der Waals surface area contributed by atoms with Crippen LogP contribution in [0.2, 0.25) is 0 Å². The molecule has 1 heterocycles. The zero-order valence-corrected chi connectivity index (χ0v) is 7.84. The summed E-state index contributed by atoms with van der Waals surface area (Å²) < 4.78 is 0. The minimum atomic E-state index is 0.288. The van der Waals surface area contributed by atoms with Crippen LogP contribution < -0.4 is 5.32 Å². The van der Waals surface area contributed by atoms with Crippen LogP contribution in [0.4, 0.5) is 0 Å². The molecular weight excluding hydrogens is 148 g/mol. The Hall–Kier alpha value is -0.370. The summed E-state index contributed by atoms with van der Waals surface area (Å²) >= 11 is 0. The Morgan fingerprint density at radius 2 is 2.08 bits per heavy atom. The highest BCUT2D eigenvalue weighted by Gasteiger charge is 2.32. The van der Waals surface area contributed by atoms with Crippen molar-refractivity contribution < 1.29 is 0 Å². The molecule has 1 aliphatic carbocycles. The lowest BCUT2D eigenvalue weighted by atomic mass is 9.81. The van der Waals surface area contributed by atoms with Crippen LogP contribution in [-0.4, -0.2) is 24.3 Å². The minimum Gasteiger partial charge on any atom is -0.302 e. The number of hydrogen-bond acceptors (Lipinski definition) is 2. The largest absolute Gasteiger partial charge is 0.302 e. The van der Waals surface area contributed by atoms with E-state index in [1.165, 1.54) is 32.1 Å². The van der Waals surface area contributed by atoms with E-state index in [9.17, 15) is 0 Å². The van der Waals surface area contributed by atoms with Crippen molar-refractivity contribution in [1.29, 1.82) is 0 Å². The van der Waals surface area contributed by atoms with Gasteiger partial charge in [-0.3, -0.25) is 4.99 Å². The van der Waals surface area contributed by atoms with Crippen molar-refractivity contribution in [3.63, 3.8) is 0 Å². The Kier molecular flexibility index (Phi) is 2.18. The van der Waals surface area contributed by atoms with Gasteiger partial charge in [0.25, 0.3) is 0 Å². The van der Waals surface area contributed by atoms with Crippen molar-refractivity contribution in [2.75, 3.05) is 6.54 Å². The maximum Gasteiger partial charge on any atom is 0.0537 e. The summed E-state index contributed by atoms with van der Waals surface area (Å²) in [6, 6.07) is 0.577. The molecule has 1 saturated carbocycles. The standard InChI is InChI=1S/C10H18N2/c1-9-7-11-8-10(12-9)5-3-2-4-6-10/h8-9,12H,2-7H2,1H3/t9-/m0/s1. The SMILES string of the molecule is C[C@H]1CN=CC2(CCCCC2)N1. The number of rotatable bonds is 0. The molecule has 0 amide bonds. The summed E-state index contributed by atoms with van der Waals surface area (Å²) in [7, 11) is 0. The van der Waals surface area contributed by atoms with E-state index in [0.717, 1.165) is 6.54 Å². The van der Waals surface area contributed by atoms with Gasteiger partial charge in [0.15, 0.2) is 0 Å². The van der Waals surface area contributed by atoms with Gasteiger partial charge in [-0.05, 0) is 19.8 Å². The third-order valence-electron chi connectivity index (χ3n) is 3.00. The van der Waals surface area contributed by atoms with Crippen LogP contribution in [0, 0.1) is 0 Å². The van der Waals surface area contributed by atoms with Crippen LogP contribution in [0.25, 0.3) is 0 Å². The van der Waals surface area contributed by atoms with Gasteiger partial charge in [0, 0.05) is 12.3 Å². The predicted octanol–water partition coefficient (Wildman–Crippen LogP) is 1.75. The third kappa shape index (κ3) is 1.53. The second-order valence-corrected chi connectivity index (χ2v) is 4.26. The first-order chi connectivity index (χ1) is 5.81. The molecule has 68 valence electrons. The highest BCUT2D eigenvalue weighted by atomic mass is 15.1. The second kappa shape index (κ2) is 3.17. The molecule has 1 atom stereocenters. The van der Waals surface area contributed by atoms with E-state index in [4.69, 9.17) is 0 Å². The quantitative estimate of drug-likeness (QED) is 0.582. The average molecular weight is 166 g/mol. The number of nitrogens with zero attached hydrogens (tertiary/aromatic N) is 1. The zero-order valence-electron chi connectivity index (χ0n) is 7.84. The van der Waals surface area contributed by atoms with E-state index in [0.29, 0.717) is 6.04 Å². The minimum absolute atomic E-state index is 0.288. The van der Waals surface area contributed by atoms with E-state index in [1.54, 1.807) is 0 Å². The first kappa shape index (κ1) is 8.24. The van der Waals surface area contributed by atoms with Gasteiger partial charge in [-0.2, -0.15) is 0 Å². The van der Waals surface area contributed by atoms with Gasteiger partial charge in [-0.25, -0.2) is 0 Å². The van der Waals surface area contributed by atoms with Crippen LogP contribution in [0.1, 0.15) is 39.0 Å². The van der Waals surface area contributed by atoms with Crippen LogP contribution >= 0.6 is 0 Å². The highest BCUT2D eigenvalue weighted by molar-refractivity contribution is 5.71. The topological polar surface area (TPSA) is 24.4 Å². The van der Waals surface area contributed by atoms with E-state index in [-0.39, 0.29) is 5.54 Å². The molecule has 1 fully saturated rings. The Labute approximate surface area is 74.5 Å². The Bertz CT molecular complexity index is 180. The van der Waals surface area contributed by atoms with Crippen molar-refractivity contribution in [3.8, 4) is 0 Å². The molecule has 0 radical (unpaired) electrons. The summed E-state index contributed by atoms with van der Waals surface area (Å²) in [4.78, 5) is 4.45. The smallest absolute Gasteiger partial charge is 0.0537 e. The van der Waals surface area contributed by atoms with Gasteiger partial charge in [-0.1, -0.05) is 19.3 Å². The molecular formula is C10H18N2. The number of nitrogens with one attached hydrogen (secondary N) is 1. The fourth-order valence-electron chi connectivity index (χ4n) is 2.42. The van der Waals surface area contributed by atoms with E-state index < -0.39 is 0 Å². The van der Waals surface area contributed by atoms with Gasteiger partial charge >= 0.3 is 0 Å². The van der Waals surface area contributed by atoms with Crippen LogP contribution in [-0.2, 0) is 0 Å². The molecule has 0 saturated heterocycles. The molecule has 1 spiro atoms. The number of hydrogen-bond donors (Lipinski definition) is 1. The zero-order chi connectivity index (χ0) is 8.44. The van der Waals surface area contributed by atoms with Crippen LogP contribution in [0.15, 0.2) is 4.99 Å². The summed E-state index contributed by atoms with van der Waals surface area (Å²) in [6.45, 7) is 3.19. The maximum atomic E-state index is 4.45. The second-order valence-electron chi connectivity index (χ2n) is 4.26. The molecule has 0 bridgehead atoms. The lowest BCUT2D eigenvalue weighted by molar-refractivity contribution is 0.283. The van der Waals surface area contributed by atoms with Crippen molar-refractivity contribution in [1.82, 2.24) is 5.32 Å². The molecule has 0 aromatic heterocycles. The van der Waals surface area contributed by atoms with Crippen molar-refractivity contribution in [2.24, 2.45) is 4.99 Å². The molecule has 1 aliphatic heterocycles. The molecule has 2 aliphatic rings. The summed E-state index contributed by atoms with van der Waals surface area (Å²) in [5, 5.41) is 3.68. The maximum absolute atomic E-state index is 4.45. The van der Waals surface area contributed by atoms with Crippen molar-refractivity contribution >= 4 is 6.21 Å². The average Bonchev–Trinajstić information content (AvgIpc) is 2.05. The molecule has 2 rings (SSSR count). The van der Waals surface area contributed by atoms with E-state index >= 15 is 0 Å². The summed E-state index contributed by atoms with van der Waals surface area (Å²) in [5.41, 5.74) is 0.288. The van der Waals surface area contributed by atoms with Gasteiger partial charge in [0.1, 0.15) is 0 Å². The first-order valence-corrected chi connectivity index (χ1v) is 5.09. The number of aliphatic imine (C=N–C) groups is 1. The van der Waals surface area contributed by atoms with Crippen molar-refractivity contribution in [3.05, 3.63) is 0 Å². The lowest BCUT2D eigenvalue weighted by Crippen LogP contribution is -2.55. The van der Waals surface area contributed by atoms with Crippen LogP contribution in [0.3, 0.4) is 0 Å². The van der Waals surface area contributed by atoms with Gasteiger partial charge in [0.2, 0.25) is 0 Å². The summed E-state index contributed by atoms with van der Waals surface area (Å²) in [5.74, 6) is 0. The normalized spacial score (nSPS) is 33.9. The molecule has 1 N–H and O–H groups in total. The molecule has 2 nitrogen and oxygen atoms in total. The molecule has 0 aromatic rings. The van der Waals surface area contributed by atoms with Crippen molar-refractivity contribution in [2.45, 2.75) is 50.6 Å². The van der Waals surface area contributed by atoms with Gasteiger partial charge < -0.3 is 5.32 Å². The van der Waals surface area contributed by atoms with E-state index in [2.05, 4.69) is 23.4 Å². The van der Waals surface area contributed by atoms with Gasteiger partial charge in [-0.15, -0.1) is 0 Å². The molecule has 12 heavy (non-hydrogen) atoms. The fourth-order valence-corrected chi connectivity index (χ4v) is 2.42. The first-order valence-electron chi connectivity index (χ1n) is 5.09. The monoisotopic (exact) mass is 166 g/mol. The summed E-state index contributed by atoms with van der Waals surface area (Å²) in [6.07, 6.45) is 8.90. The lowest BCUT2D eigenvalue weighted by Gasteiger charge is -2.39. The van der Waals surface area contributed by atoms with E-state index in [1.807, 2.05) is 0 Å². The fraction of sp³-hybridized carbons (Fsp3) is 0.900. The Morgan fingerprint density at radius 1 is 1.33 bits per heavy atom. The molecule has 0 aromatic carbocycles. The Balaban J connectivity index is 2.07. The third-order valence-corrected chi connectivity index (χ3v) is 3.00. The van der Waals surface area contributed by atoms with Gasteiger partial charge in [0.05, 0.1) is 12.1 Å². The predicted molar refractivity (Wildman–Crippen MR) is 51.8 cm³/mol. The highest BCUT2D eigenvalue weighted by Crippen LogP contribution is 2.28. The Morgan fingerprint density at radius 3 is 2.75 bits per heavy atom. The van der Waals surface area contributed by atoms with Crippen LogP contribution in [0.5, 0.6) is 0 Å². The molecule has 2 heteroatoms. The molecule has 0 unspecified atom stereocenters.